The first-order valence-electron chi connectivity index (χ1n) is 4.69. The van der Waals surface area contributed by atoms with Gasteiger partial charge in [-0.2, -0.15) is 11.8 Å². The SMILES string of the molecule is CCSCCCNCCCOC. The van der Waals surface area contributed by atoms with E-state index < -0.39 is 0 Å². The van der Waals surface area contributed by atoms with Crippen LogP contribution in [0.5, 0.6) is 0 Å². The molecule has 0 unspecified atom stereocenters. The fourth-order valence-electron chi connectivity index (χ4n) is 0.910. The Morgan fingerprint density at radius 3 is 2.67 bits per heavy atom. The predicted molar refractivity (Wildman–Crippen MR) is 57.0 cm³/mol. The minimum atomic E-state index is 0.872. The van der Waals surface area contributed by atoms with Crippen LogP contribution in [0.3, 0.4) is 0 Å². The van der Waals surface area contributed by atoms with Gasteiger partial charge in [-0.3, -0.25) is 0 Å². The second kappa shape index (κ2) is 11.3. The van der Waals surface area contributed by atoms with Gasteiger partial charge < -0.3 is 10.1 Å². The lowest BCUT2D eigenvalue weighted by molar-refractivity contribution is 0.194. The Labute approximate surface area is 80.4 Å². The van der Waals surface area contributed by atoms with Crippen LogP contribution in [0.25, 0.3) is 0 Å². The van der Waals surface area contributed by atoms with Gasteiger partial charge in [-0.15, -0.1) is 0 Å². The van der Waals surface area contributed by atoms with E-state index in [0.29, 0.717) is 0 Å². The van der Waals surface area contributed by atoms with Crippen LogP contribution in [0.2, 0.25) is 0 Å². The van der Waals surface area contributed by atoms with Gasteiger partial charge in [0, 0.05) is 13.7 Å². The molecule has 1 N–H and O–H groups in total. The fourth-order valence-corrected chi connectivity index (χ4v) is 1.55. The van der Waals surface area contributed by atoms with Gasteiger partial charge in [0.15, 0.2) is 0 Å². The predicted octanol–water partition coefficient (Wildman–Crippen LogP) is 1.76. The van der Waals surface area contributed by atoms with Crippen LogP contribution in [0.15, 0.2) is 0 Å². The standard InChI is InChI=1S/C9H21NOS/c1-3-12-9-5-7-10-6-4-8-11-2/h10H,3-9H2,1-2H3. The van der Waals surface area contributed by atoms with Crippen molar-refractivity contribution < 1.29 is 4.74 Å². The lowest BCUT2D eigenvalue weighted by atomic mass is 10.4. The highest BCUT2D eigenvalue weighted by atomic mass is 32.2. The maximum absolute atomic E-state index is 4.94. The first-order valence-corrected chi connectivity index (χ1v) is 5.84. The lowest BCUT2D eigenvalue weighted by Gasteiger charge is -2.03. The van der Waals surface area contributed by atoms with E-state index in [-0.39, 0.29) is 0 Å². The zero-order valence-corrected chi connectivity index (χ0v) is 9.08. The normalized spacial score (nSPS) is 10.5. The summed E-state index contributed by atoms with van der Waals surface area (Å²) in [5, 5.41) is 3.39. The van der Waals surface area contributed by atoms with Crippen LogP contribution in [-0.4, -0.2) is 38.3 Å². The summed E-state index contributed by atoms with van der Waals surface area (Å²) in [7, 11) is 1.75. The summed E-state index contributed by atoms with van der Waals surface area (Å²) < 4.78 is 4.94. The molecule has 0 aliphatic heterocycles. The van der Waals surface area contributed by atoms with Crippen LogP contribution in [0.4, 0.5) is 0 Å². The van der Waals surface area contributed by atoms with Gasteiger partial charge >= 0.3 is 0 Å². The molecule has 0 heterocycles. The van der Waals surface area contributed by atoms with Crippen LogP contribution < -0.4 is 5.32 Å². The molecule has 0 amide bonds. The van der Waals surface area contributed by atoms with Crippen molar-refractivity contribution in [2.45, 2.75) is 19.8 Å². The van der Waals surface area contributed by atoms with Gasteiger partial charge in [-0.25, -0.2) is 0 Å². The second-order valence-electron chi connectivity index (χ2n) is 2.65. The van der Waals surface area contributed by atoms with Gasteiger partial charge in [-0.05, 0) is 37.4 Å². The van der Waals surface area contributed by atoms with E-state index in [1.54, 1.807) is 7.11 Å². The molecule has 0 aromatic rings. The Morgan fingerprint density at radius 2 is 2.00 bits per heavy atom. The molecule has 0 rings (SSSR count). The maximum atomic E-state index is 4.94. The quantitative estimate of drug-likeness (QED) is 0.561. The van der Waals surface area contributed by atoms with Crippen molar-refractivity contribution in [3.8, 4) is 0 Å². The van der Waals surface area contributed by atoms with Crippen molar-refractivity contribution in [3.63, 3.8) is 0 Å². The molecule has 0 bridgehead atoms. The third-order valence-corrected chi connectivity index (χ3v) is 2.53. The summed E-state index contributed by atoms with van der Waals surface area (Å²) >= 11 is 2.01. The number of nitrogens with one attached hydrogen (secondary N) is 1. The molecule has 0 saturated heterocycles. The van der Waals surface area contributed by atoms with Gasteiger partial charge in [-0.1, -0.05) is 6.92 Å². The van der Waals surface area contributed by atoms with Crippen LogP contribution >= 0.6 is 11.8 Å². The van der Waals surface area contributed by atoms with Crippen molar-refractivity contribution in [2.24, 2.45) is 0 Å². The minimum absolute atomic E-state index is 0.872. The summed E-state index contributed by atoms with van der Waals surface area (Å²) in [6.45, 7) is 5.31. The Kier molecular flexibility index (Phi) is 11.5. The molecular weight excluding hydrogens is 170 g/mol. The van der Waals surface area contributed by atoms with Crippen molar-refractivity contribution in [2.75, 3.05) is 38.3 Å². The number of hydrogen-bond donors (Lipinski definition) is 1. The van der Waals surface area contributed by atoms with E-state index in [1.807, 2.05) is 11.8 Å². The Bertz CT molecular complexity index is 70.9. The number of thioether (sulfide) groups is 1. The topological polar surface area (TPSA) is 21.3 Å². The average molecular weight is 191 g/mol. The van der Waals surface area contributed by atoms with Gasteiger partial charge in [0.1, 0.15) is 0 Å². The molecule has 0 saturated carbocycles. The van der Waals surface area contributed by atoms with Gasteiger partial charge in [0.25, 0.3) is 0 Å². The highest BCUT2D eigenvalue weighted by Crippen LogP contribution is 1.99. The summed E-state index contributed by atoms with van der Waals surface area (Å²) in [5.41, 5.74) is 0. The maximum Gasteiger partial charge on any atom is 0.0474 e. The molecular formula is C9H21NOS. The van der Waals surface area contributed by atoms with E-state index in [4.69, 9.17) is 4.74 Å². The van der Waals surface area contributed by atoms with Crippen LogP contribution in [-0.2, 0) is 4.74 Å². The Hall–Kier alpha value is 0.270. The van der Waals surface area contributed by atoms with Gasteiger partial charge in [0.05, 0.1) is 0 Å². The first kappa shape index (κ1) is 12.3. The average Bonchev–Trinajstić information content (AvgIpc) is 2.10. The number of ether oxygens (including phenoxy) is 1. The van der Waals surface area contributed by atoms with Crippen molar-refractivity contribution in [1.82, 2.24) is 5.32 Å². The van der Waals surface area contributed by atoms with Crippen LogP contribution in [0, 0.1) is 0 Å². The fraction of sp³-hybridized carbons (Fsp3) is 1.00. The van der Waals surface area contributed by atoms with E-state index in [0.717, 1.165) is 26.1 Å². The van der Waals surface area contributed by atoms with Crippen molar-refractivity contribution in [1.29, 1.82) is 0 Å². The zero-order chi connectivity index (χ0) is 9.07. The third kappa shape index (κ3) is 10.3. The molecule has 0 aliphatic carbocycles. The van der Waals surface area contributed by atoms with E-state index in [2.05, 4.69) is 12.2 Å². The summed E-state index contributed by atoms with van der Waals surface area (Å²) in [4.78, 5) is 0. The van der Waals surface area contributed by atoms with E-state index >= 15 is 0 Å². The summed E-state index contributed by atoms with van der Waals surface area (Å²) in [5.74, 6) is 2.53. The summed E-state index contributed by atoms with van der Waals surface area (Å²) in [6.07, 6.45) is 2.41. The Balaban J connectivity index is 2.73. The number of hydrogen-bond acceptors (Lipinski definition) is 3. The van der Waals surface area contributed by atoms with E-state index in [9.17, 15) is 0 Å². The molecule has 0 fully saturated rings. The molecule has 0 aliphatic rings. The number of methoxy groups -OCH3 is 1. The molecule has 0 radical (unpaired) electrons. The minimum Gasteiger partial charge on any atom is -0.385 e. The largest absolute Gasteiger partial charge is 0.385 e. The van der Waals surface area contributed by atoms with Crippen molar-refractivity contribution in [3.05, 3.63) is 0 Å². The van der Waals surface area contributed by atoms with Crippen molar-refractivity contribution >= 4 is 11.8 Å². The second-order valence-corrected chi connectivity index (χ2v) is 4.04. The molecule has 0 spiro atoms. The molecule has 0 atom stereocenters. The third-order valence-electron chi connectivity index (χ3n) is 1.55. The monoisotopic (exact) mass is 191 g/mol. The van der Waals surface area contributed by atoms with E-state index in [1.165, 1.54) is 17.9 Å². The summed E-state index contributed by atoms with van der Waals surface area (Å²) in [6, 6.07) is 0. The molecule has 12 heavy (non-hydrogen) atoms. The van der Waals surface area contributed by atoms with Gasteiger partial charge in [0.2, 0.25) is 0 Å². The molecule has 74 valence electrons. The zero-order valence-electron chi connectivity index (χ0n) is 8.27. The Morgan fingerprint density at radius 1 is 1.25 bits per heavy atom. The highest BCUT2D eigenvalue weighted by Gasteiger charge is 1.88. The van der Waals surface area contributed by atoms with Crippen LogP contribution in [0.1, 0.15) is 19.8 Å². The smallest absolute Gasteiger partial charge is 0.0474 e. The highest BCUT2D eigenvalue weighted by molar-refractivity contribution is 7.99. The molecule has 2 nitrogen and oxygen atoms in total. The molecule has 3 heteroatoms. The first-order chi connectivity index (χ1) is 5.91. The lowest BCUT2D eigenvalue weighted by Crippen LogP contribution is -2.18. The molecule has 0 aromatic heterocycles. The number of rotatable bonds is 9. The molecule has 0 aromatic carbocycles.